The molecule has 0 aromatic heterocycles. The number of carbonyl (C=O) groups excluding carboxylic acids is 1. The van der Waals surface area contributed by atoms with Crippen LogP contribution in [-0.4, -0.2) is 56.3 Å². The first-order valence-electron chi connectivity index (χ1n) is 6.51. The van der Waals surface area contributed by atoms with E-state index in [1.807, 2.05) is 6.07 Å². The lowest BCUT2D eigenvalue weighted by Crippen LogP contribution is -2.44. The summed E-state index contributed by atoms with van der Waals surface area (Å²) in [5.74, 6) is -0.649. The number of rotatable bonds is 3. The largest absolute Gasteiger partial charge is 0.467 e. The van der Waals surface area contributed by atoms with Gasteiger partial charge in [-0.2, -0.15) is 0 Å². The minimum Gasteiger partial charge on any atom is -0.467 e. The van der Waals surface area contributed by atoms with Crippen LogP contribution in [0.4, 0.5) is 5.69 Å². The third kappa shape index (κ3) is 3.31. The van der Waals surface area contributed by atoms with Gasteiger partial charge in [0.1, 0.15) is 0 Å². The molecule has 0 amide bonds. The monoisotopic (exact) mass is 342 g/mol. The maximum atomic E-state index is 11.3. The van der Waals surface area contributed by atoms with Gasteiger partial charge >= 0.3 is 5.97 Å². The second-order valence-corrected chi connectivity index (χ2v) is 5.78. The van der Waals surface area contributed by atoms with Crippen molar-refractivity contribution in [2.24, 2.45) is 0 Å². The summed E-state index contributed by atoms with van der Waals surface area (Å²) in [5.41, 5.74) is 1.61. The normalized spacial score (nSPS) is 17.9. The van der Waals surface area contributed by atoms with Gasteiger partial charge in [-0.15, -0.1) is 0 Å². The molecule has 1 N–H and O–H groups in total. The topological polar surface area (TPSA) is 53.0 Å². The number of benzene rings is 1. The number of aliphatic hydroxyl groups excluding tert-OH is 1. The molecule has 2 rings (SSSR count). The Labute approximate surface area is 127 Å². The van der Waals surface area contributed by atoms with E-state index in [0.717, 1.165) is 36.3 Å². The molecule has 6 heteroatoms. The van der Waals surface area contributed by atoms with Crippen molar-refractivity contribution in [3.05, 3.63) is 28.2 Å². The molecule has 0 aliphatic carbocycles. The SMILES string of the molecule is COC(=O)C(O)c1ccc(N2CCN(C)CC2)c(Br)c1. The highest BCUT2D eigenvalue weighted by atomic mass is 79.9. The van der Waals surface area contributed by atoms with E-state index in [1.54, 1.807) is 12.1 Å². The van der Waals surface area contributed by atoms with Crippen molar-refractivity contribution in [2.45, 2.75) is 6.10 Å². The maximum absolute atomic E-state index is 11.3. The van der Waals surface area contributed by atoms with Gasteiger partial charge < -0.3 is 19.6 Å². The number of methoxy groups -OCH3 is 1. The average Bonchev–Trinajstić information content (AvgIpc) is 2.46. The molecular weight excluding hydrogens is 324 g/mol. The van der Waals surface area contributed by atoms with Gasteiger partial charge in [-0.3, -0.25) is 0 Å². The average molecular weight is 343 g/mol. The summed E-state index contributed by atoms with van der Waals surface area (Å²) in [7, 11) is 3.38. The molecule has 1 heterocycles. The molecular formula is C14H19BrN2O3. The van der Waals surface area contributed by atoms with Gasteiger partial charge in [0, 0.05) is 30.7 Å². The van der Waals surface area contributed by atoms with Gasteiger partial charge in [0.25, 0.3) is 0 Å². The summed E-state index contributed by atoms with van der Waals surface area (Å²) in [4.78, 5) is 15.9. The molecule has 0 spiro atoms. The highest BCUT2D eigenvalue weighted by Gasteiger charge is 2.21. The van der Waals surface area contributed by atoms with Crippen molar-refractivity contribution in [1.29, 1.82) is 0 Å². The van der Waals surface area contributed by atoms with Crippen molar-refractivity contribution in [3.63, 3.8) is 0 Å². The molecule has 1 fully saturated rings. The second-order valence-electron chi connectivity index (χ2n) is 4.93. The van der Waals surface area contributed by atoms with E-state index in [9.17, 15) is 9.90 Å². The zero-order valence-electron chi connectivity index (χ0n) is 11.7. The lowest BCUT2D eigenvalue weighted by atomic mass is 10.1. The van der Waals surface area contributed by atoms with Gasteiger partial charge in [0.15, 0.2) is 6.10 Å². The smallest absolute Gasteiger partial charge is 0.339 e. The lowest BCUT2D eigenvalue weighted by Gasteiger charge is -2.34. The van der Waals surface area contributed by atoms with Crippen LogP contribution in [0.3, 0.4) is 0 Å². The van der Waals surface area contributed by atoms with Gasteiger partial charge in [-0.1, -0.05) is 6.07 Å². The number of esters is 1. The molecule has 5 nitrogen and oxygen atoms in total. The standard InChI is InChI=1S/C14H19BrN2O3/c1-16-5-7-17(8-6-16)12-4-3-10(9-11(12)15)13(18)14(19)20-2/h3-4,9,13,18H,5-8H2,1-2H3. The Morgan fingerprint density at radius 3 is 2.55 bits per heavy atom. The van der Waals surface area contributed by atoms with Crippen molar-refractivity contribution in [3.8, 4) is 0 Å². The molecule has 1 aromatic carbocycles. The van der Waals surface area contributed by atoms with E-state index in [2.05, 4.69) is 37.5 Å². The van der Waals surface area contributed by atoms with Gasteiger partial charge in [-0.05, 0) is 40.7 Å². The molecule has 110 valence electrons. The second kappa shape index (κ2) is 6.56. The van der Waals surface area contributed by atoms with Crippen LogP contribution >= 0.6 is 15.9 Å². The zero-order valence-corrected chi connectivity index (χ0v) is 13.3. The summed E-state index contributed by atoms with van der Waals surface area (Å²) in [5, 5.41) is 9.83. The van der Waals surface area contributed by atoms with Crippen LogP contribution in [-0.2, 0) is 9.53 Å². The highest BCUT2D eigenvalue weighted by Crippen LogP contribution is 2.30. The fourth-order valence-corrected chi connectivity index (χ4v) is 2.89. The third-order valence-corrected chi connectivity index (χ3v) is 4.19. The minimum absolute atomic E-state index is 0.529. The molecule has 1 unspecified atom stereocenters. The first-order chi connectivity index (χ1) is 9.52. The number of halogens is 1. The zero-order chi connectivity index (χ0) is 14.7. The fraction of sp³-hybridized carbons (Fsp3) is 0.500. The lowest BCUT2D eigenvalue weighted by molar-refractivity contribution is -0.150. The van der Waals surface area contributed by atoms with Crippen molar-refractivity contribution < 1.29 is 14.6 Å². The number of likely N-dealkylation sites (N-methyl/N-ethyl adjacent to an activating group) is 1. The van der Waals surface area contributed by atoms with Gasteiger partial charge in [0.05, 0.1) is 12.8 Å². The number of nitrogens with zero attached hydrogens (tertiary/aromatic N) is 2. The summed E-state index contributed by atoms with van der Waals surface area (Å²) >= 11 is 3.52. The molecule has 1 aromatic rings. The Morgan fingerprint density at radius 2 is 2.00 bits per heavy atom. The molecule has 0 saturated carbocycles. The Morgan fingerprint density at radius 1 is 1.35 bits per heavy atom. The van der Waals surface area contributed by atoms with E-state index in [-0.39, 0.29) is 0 Å². The molecule has 1 atom stereocenters. The van der Waals surface area contributed by atoms with Crippen molar-refractivity contribution >= 4 is 27.6 Å². The van der Waals surface area contributed by atoms with Crippen LogP contribution in [0.2, 0.25) is 0 Å². The van der Waals surface area contributed by atoms with Crippen LogP contribution in [0.5, 0.6) is 0 Å². The van der Waals surface area contributed by atoms with Gasteiger partial charge in [0.2, 0.25) is 0 Å². The first kappa shape index (κ1) is 15.3. The summed E-state index contributed by atoms with van der Waals surface area (Å²) in [6.07, 6.45) is -1.24. The minimum atomic E-state index is -1.24. The number of ether oxygens (including phenoxy) is 1. The van der Waals surface area contributed by atoms with Crippen LogP contribution in [0.15, 0.2) is 22.7 Å². The molecule has 1 aliphatic rings. The molecule has 0 radical (unpaired) electrons. The number of anilines is 1. The fourth-order valence-electron chi connectivity index (χ4n) is 2.24. The van der Waals surface area contributed by atoms with E-state index in [0.29, 0.717) is 5.56 Å². The molecule has 1 saturated heterocycles. The number of carbonyl (C=O) groups is 1. The molecule has 0 bridgehead atoms. The number of hydrogen-bond donors (Lipinski definition) is 1. The van der Waals surface area contributed by atoms with E-state index in [4.69, 9.17) is 0 Å². The summed E-state index contributed by atoms with van der Waals surface area (Å²) in [6, 6.07) is 5.46. The summed E-state index contributed by atoms with van der Waals surface area (Å²) in [6.45, 7) is 3.99. The van der Waals surface area contributed by atoms with Crippen LogP contribution < -0.4 is 4.90 Å². The van der Waals surface area contributed by atoms with Crippen molar-refractivity contribution in [1.82, 2.24) is 4.90 Å². The third-order valence-electron chi connectivity index (χ3n) is 3.56. The Hall–Kier alpha value is -1.11. The number of aliphatic hydroxyl groups is 1. The quantitative estimate of drug-likeness (QED) is 0.841. The predicted molar refractivity (Wildman–Crippen MR) is 80.8 cm³/mol. The summed E-state index contributed by atoms with van der Waals surface area (Å²) < 4.78 is 5.42. The predicted octanol–water partition coefficient (Wildman–Crippen LogP) is 1.41. The first-order valence-corrected chi connectivity index (χ1v) is 7.31. The van der Waals surface area contributed by atoms with Crippen molar-refractivity contribution in [2.75, 3.05) is 45.2 Å². The molecule has 20 heavy (non-hydrogen) atoms. The Kier molecular flexibility index (Phi) is 5.01. The van der Waals surface area contributed by atoms with E-state index >= 15 is 0 Å². The van der Waals surface area contributed by atoms with Gasteiger partial charge in [-0.25, -0.2) is 4.79 Å². The highest BCUT2D eigenvalue weighted by molar-refractivity contribution is 9.10. The number of hydrogen-bond acceptors (Lipinski definition) is 5. The van der Waals surface area contributed by atoms with Crippen LogP contribution in [0.1, 0.15) is 11.7 Å². The maximum Gasteiger partial charge on any atom is 0.339 e. The Balaban J connectivity index is 2.15. The Bertz CT molecular complexity index is 487. The number of piperazine rings is 1. The van der Waals surface area contributed by atoms with Crippen LogP contribution in [0.25, 0.3) is 0 Å². The van der Waals surface area contributed by atoms with E-state index in [1.165, 1.54) is 7.11 Å². The van der Waals surface area contributed by atoms with E-state index < -0.39 is 12.1 Å². The molecule has 1 aliphatic heterocycles. The van der Waals surface area contributed by atoms with Crippen LogP contribution in [0, 0.1) is 0 Å².